The van der Waals surface area contributed by atoms with Crippen LogP contribution in [0.2, 0.25) is 0 Å². The van der Waals surface area contributed by atoms with Gasteiger partial charge in [0.05, 0.1) is 0 Å². The lowest BCUT2D eigenvalue weighted by atomic mass is 10.4. The standard InChI is InChI=1S/C9H17O2P/c1-5-8(12-6-2)11-9(10)7(3)4/h8,12H,3,5-6H2,1-2,4H3. The summed E-state index contributed by atoms with van der Waals surface area (Å²) in [7, 11) is 0.707. The normalized spacial score (nSPS) is 13.2. The van der Waals surface area contributed by atoms with Crippen molar-refractivity contribution in [2.45, 2.75) is 33.0 Å². The van der Waals surface area contributed by atoms with Gasteiger partial charge in [-0.2, -0.15) is 0 Å². The van der Waals surface area contributed by atoms with Gasteiger partial charge in [0.15, 0.2) is 0 Å². The van der Waals surface area contributed by atoms with Gasteiger partial charge in [0, 0.05) is 5.57 Å². The highest BCUT2D eigenvalue weighted by atomic mass is 31.1. The zero-order valence-electron chi connectivity index (χ0n) is 8.02. The lowest BCUT2D eigenvalue weighted by Crippen LogP contribution is -2.13. The van der Waals surface area contributed by atoms with Crippen molar-refractivity contribution in [2.75, 3.05) is 6.16 Å². The summed E-state index contributed by atoms with van der Waals surface area (Å²) >= 11 is 0. The minimum absolute atomic E-state index is 0.0965. The summed E-state index contributed by atoms with van der Waals surface area (Å²) in [5.41, 5.74) is 0.481. The summed E-state index contributed by atoms with van der Waals surface area (Å²) in [6, 6.07) is 0. The van der Waals surface area contributed by atoms with Crippen LogP contribution < -0.4 is 0 Å². The Morgan fingerprint density at radius 1 is 1.58 bits per heavy atom. The van der Waals surface area contributed by atoms with E-state index in [1.54, 1.807) is 6.92 Å². The molecule has 0 spiro atoms. The van der Waals surface area contributed by atoms with E-state index < -0.39 is 0 Å². The van der Waals surface area contributed by atoms with Crippen LogP contribution in [0.5, 0.6) is 0 Å². The summed E-state index contributed by atoms with van der Waals surface area (Å²) in [5, 5.41) is 0. The van der Waals surface area contributed by atoms with Crippen LogP contribution in [-0.2, 0) is 9.53 Å². The molecule has 0 N–H and O–H groups in total. The van der Waals surface area contributed by atoms with Gasteiger partial charge in [0.1, 0.15) is 5.85 Å². The molecule has 0 saturated heterocycles. The van der Waals surface area contributed by atoms with Gasteiger partial charge in [-0.1, -0.05) is 29.0 Å². The molecule has 70 valence electrons. The van der Waals surface area contributed by atoms with E-state index in [9.17, 15) is 4.79 Å². The summed E-state index contributed by atoms with van der Waals surface area (Å²) in [4.78, 5) is 11.1. The predicted molar refractivity (Wildman–Crippen MR) is 53.8 cm³/mol. The van der Waals surface area contributed by atoms with Crippen LogP contribution in [0.25, 0.3) is 0 Å². The molecule has 0 aliphatic carbocycles. The molecule has 2 nitrogen and oxygen atoms in total. The molecule has 0 aromatic heterocycles. The Hall–Kier alpha value is -0.360. The second kappa shape index (κ2) is 6.19. The van der Waals surface area contributed by atoms with Crippen LogP contribution in [0, 0.1) is 0 Å². The minimum atomic E-state index is -0.261. The van der Waals surface area contributed by atoms with Gasteiger partial charge < -0.3 is 4.74 Å². The van der Waals surface area contributed by atoms with Crippen LogP contribution in [0.1, 0.15) is 27.2 Å². The SMILES string of the molecule is C=C(C)C(=O)OC(CC)PCC. The van der Waals surface area contributed by atoms with Crippen molar-refractivity contribution < 1.29 is 9.53 Å². The first kappa shape index (κ1) is 11.6. The van der Waals surface area contributed by atoms with Crippen LogP contribution >= 0.6 is 8.58 Å². The van der Waals surface area contributed by atoms with Gasteiger partial charge in [-0.25, -0.2) is 4.79 Å². The molecule has 2 unspecified atom stereocenters. The Kier molecular flexibility index (Phi) is 6.00. The number of hydrogen-bond donors (Lipinski definition) is 0. The fourth-order valence-corrected chi connectivity index (χ4v) is 1.66. The number of esters is 1. The number of rotatable bonds is 5. The monoisotopic (exact) mass is 188 g/mol. The van der Waals surface area contributed by atoms with E-state index >= 15 is 0 Å². The molecule has 0 radical (unpaired) electrons. The zero-order valence-corrected chi connectivity index (χ0v) is 9.02. The molecule has 0 fully saturated rings. The average Bonchev–Trinajstić information content (AvgIpc) is 2.03. The Morgan fingerprint density at radius 3 is 2.50 bits per heavy atom. The summed E-state index contributed by atoms with van der Waals surface area (Å²) < 4.78 is 5.18. The van der Waals surface area contributed by atoms with Gasteiger partial charge in [-0.05, 0) is 19.5 Å². The highest BCUT2D eigenvalue weighted by Gasteiger charge is 2.11. The van der Waals surface area contributed by atoms with E-state index in [0.717, 1.165) is 12.6 Å². The lowest BCUT2D eigenvalue weighted by molar-refractivity contribution is -0.140. The van der Waals surface area contributed by atoms with Crippen LogP contribution in [0.15, 0.2) is 12.2 Å². The Bertz CT molecular complexity index is 166. The average molecular weight is 188 g/mol. The summed E-state index contributed by atoms with van der Waals surface area (Å²) in [5.74, 6) is -0.165. The molecule has 0 aliphatic heterocycles. The van der Waals surface area contributed by atoms with Crippen molar-refractivity contribution in [3.8, 4) is 0 Å². The molecule has 0 amide bonds. The van der Waals surface area contributed by atoms with Crippen molar-refractivity contribution in [1.29, 1.82) is 0 Å². The Balaban J connectivity index is 3.85. The van der Waals surface area contributed by atoms with Crippen LogP contribution in [-0.4, -0.2) is 18.0 Å². The topological polar surface area (TPSA) is 26.3 Å². The number of ether oxygens (including phenoxy) is 1. The molecule has 0 heterocycles. The van der Waals surface area contributed by atoms with Gasteiger partial charge in [-0.15, -0.1) is 0 Å². The first-order valence-electron chi connectivity index (χ1n) is 4.21. The molecular formula is C9H17O2P. The van der Waals surface area contributed by atoms with Crippen molar-refractivity contribution in [1.82, 2.24) is 0 Å². The van der Waals surface area contributed by atoms with E-state index in [-0.39, 0.29) is 11.8 Å². The van der Waals surface area contributed by atoms with Crippen molar-refractivity contribution in [3.05, 3.63) is 12.2 Å². The molecule has 12 heavy (non-hydrogen) atoms. The Labute approximate surface area is 76.2 Å². The van der Waals surface area contributed by atoms with Crippen molar-refractivity contribution in [3.63, 3.8) is 0 Å². The molecular weight excluding hydrogens is 171 g/mol. The highest BCUT2D eigenvalue weighted by molar-refractivity contribution is 7.38. The van der Waals surface area contributed by atoms with E-state index in [1.807, 2.05) is 6.92 Å². The molecule has 0 aromatic carbocycles. The summed E-state index contributed by atoms with van der Waals surface area (Å²) in [6.07, 6.45) is 1.97. The molecule has 0 bridgehead atoms. The number of carbonyl (C=O) groups is 1. The van der Waals surface area contributed by atoms with Gasteiger partial charge in [0.25, 0.3) is 0 Å². The largest absolute Gasteiger partial charge is 0.455 e. The van der Waals surface area contributed by atoms with Crippen LogP contribution in [0.3, 0.4) is 0 Å². The lowest BCUT2D eigenvalue weighted by Gasteiger charge is -2.14. The molecule has 0 aliphatic rings. The third kappa shape index (κ3) is 4.50. The first-order valence-corrected chi connectivity index (χ1v) is 5.50. The Morgan fingerprint density at radius 2 is 2.17 bits per heavy atom. The maximum absolute atomic E-state index is 11.1. The molecule has 0 aromatic rings. The van der Waals surface area contributed by atoms with E-state index in [4.69, 9.17) is 4.74 Å². The van der Waals surface area contributed by atoms with Crippen molar-refractivity contribution in [2.24, 2.45) is 0 Å². The van der Waals surface area contributed by atoms with E-state index in [0.29, 0.717) is 14.2 Å². The van der Waals surface area contributed by atoms with Gasteiger partial charge >= 0.3 is 5.97 Å². The maximum atomic E-state index is 11.1. The second-order valence-electron chi connectivity index (χ2n) is 2.64. The fourth-order valence-electron chi connectivity index (χ4n) is 0.727. The zero-order chi connectivity index (χ0) is 9.56. The number of carbonyl (C=O) groups excluding carboxylic acids is 1. The van der Waals surface area contributed by atoms with Crippen LogP contribution in [0.4, 0.5) is 0 Å². The van der Waals surface area contributed by atoms with Gasteiger partial charge in [0.2, 0.25) is 0 Å². The minimum Gasteiger partial charge on any atom is -0.455 e. The number of hydrogen-bond acceptors (Lipinski definition) is 2. The highest BCUT2D eigenvalue weighted by Crippen LogP contribution is 2.22. The molecule has 0 saturated carbocycles. The van der Waals surface area contributed by atoms with Crippen molar-refractivity contribution >= 4 is 14.6 Å². The third-order valence-corrected chi connectivity index (χ3v) is 2.79. The maximum Gasteiger partial charge on any atom is 0.333 e. The van der Waals surface area contributed by atoms with E-state index in [1.165, 1.54) is 0 Å². The molecule has 2 atom stereocenters. The summed E-state index contributed by atoms with van der Waals surface area (Å²) in [6.45, 7) is 9.32. The fraction of sp³-hybridized carbons (Fsp3) is 0.667. The van der Waals surface area contributed by atoms with Gasteiger partial charge in [-0.3, -0.25) is 0 Å². The second-order valence-corrected chi connectivity index (χ2v) is 4.40. The smallest absolute Gasteiger partial charge is 0.333 e. The quantitative estimate of drug-likeness (QED) is 0.376. The van der Waals surface area contributed by atoms with E-state index in [2.05, 4.69) is 13.5 Å². The molecule has 3 heteroatoms. The third-order valence-electron chi connectivity index (χ3n) is 1.40. The predicted octanol–water partition coefficient (Wildman–Crippen LogP) is 2.54. The first-order chi connectivity index (χ1) is 5.61. The molecule has 0 rings (SSSR count).